The zero-order chi connectivity index (χ0) is 18.0. The van der Waals surface area contributed by atoms with Gasteiger partial charge >= 0.3 is 5.97 Å². The highest BCUT2D eigenvalue weighted by Gasteiger charge is 2.23. The molecule has 7 heteroatoms. The topological polar surface area (TPSA) is 72.5 Å². The summed E-state index contributed by atoms with van der Waals surface area (Å²) in [5.41, 5.74) is 0.941. The van der Waals surface area contributed by atoms with Crippen LogP contribution in [0.25, 0.3) is 10.8 Å². The van der Waals surface area contributed by atoms with Crippen LogP contribution in [0.15, 0.2) is 52.7 Å². The van der Waals surface area contributed by atoms with Gasteiger partial charge in [-0.2, -0.15) is 0 Å². The monoisotopic (exact) mass is 375 g/mol. The van der Waals surface area contributed by atoms with E-state index in [1.165, 1.54) is 0 Å². The highest BCUT2D eigenvalue weighted by Crippen LogP contribution is 2.31. The number of esters is 1. The molecule has 130 valence electrons. The van der Waals surface area contributed by atoms with Crippen molar-refractivity contribution in [3.63, 3.8) is 0 Å². The van der Waals surface area contributed by atoms with Crippen molar-refractivity contribution in [2.75, 3.05) is 11.3 Å². The van der Waals surface area contributed by atoms with E-state index in [0.717, 1.165) is 22.1 Å². The van der Waals surface area contributed by atoms with E-state index in [1.54, 1.807) is 37.4 Å². The Kier molecular flexibility index (Phi) is 4.78. The molecular weight excluding hydrogens is 358 g/mol. The lowest BCUT2D eigenvalue weighted by Gasteiger charge is -2.10. The van der Waals surface area contributed by atoms with Gasteiger partial charge in [-0.1, -0.05) is 30.3 Å². The molecule has 0 saturated carbocycles. The number of ether oxygens (including phenoxy) is 1. The molecule has 0 unspecified atom stereocenters. The number of thiophene rings is 1. The minimum atomic E-state index is -3.81. The Labute approximate surface area is 150 Å². The summed E-state index contributed by atoms with van der Waals surface area (Å²) in [6, 6.07) is 12.4. The molecule has 0 saturated heterocycles. The number of benzene rings is 2. The number of anilines is 1. The number of carbonyl (C=O) groups excluding carboxylic acids is 1. The van der Waals surface area contributed by atoms with Gasteiger partial charge in [-0.25, -0.2) is 13.2 Å². The minimum absolute atomic E-state index is 0.145. The summed E-state index contributed by atoms with van der Waals surface area (Å²) >= 11 is 1.16. The molecule has 1 heterocycles. The quantitative estimate of drug-likeness (QED) is 0.679. The second-order valence-corrected chi connectivity index (χ2v) is 8.02. The second-order valence-electron chi connectivity index (χ2n) is 5.46. The van der Waals surface area contributed by atoms with Gasteiger partial charge < -0.3 is 4.74 Å². The maximum atomic E-state index is 12.7. The van der Waals surface area contributed by atoms with Crippen LogP contribution in [0.2, 0.25) is 0 Å². The zero-order valence-electron chi connectivity index (χ0n) is 13.8. The number of carbonyl (C=O) groups is 1. The van der Waals surface area contributed by atoms with Crippen LogP contribution >= 0.6 is 11.3 Å². The van der Waals surface area contributed by atoms with E-state index in [9.17, 15) is 13.2 Å². The van der Waals surface area contributed by atoms with Gasteiger partial charge in [0.1, 0.15) is 5.00 Å². The normalized spacial score (nSPS) is 11.4. The minimum Gasteiger partial charge on any atom is -0.462 e. The van der Waals surface area contributed by atoms with E-state index in [2.05, 4.69) is 4.72 Å². The van der Waals surface area contributed by atoms with Gasteiger partial charge in [0.2, 0.25) is 0 Å². The lowest BCUT2D eigenvalue weighted by molar-refractivity contribution is 0.0527. The first-order valence-corrected chi connectivity index (χ1v) is 10.1. The Morgan fingerprint density at radius 2 is 1.88 bits per heavy atom. The third-order valence-electron chi connectivity index (χ3n) is 3.71. The molecule has 0 bridgehead atoms. The van der Waals surface area contributed by atoms with E-state index in [1.807, 2.05) is 24.3 Å². The summed E-state index contributed by atoms with van der Waals surface area (Å²) < 4.78 is 33.0. The van der Waals surface area contributed by atoms with Gasteiger partial charge in [0.05, 0.1) is 17.1 Å². The smallest absolute Gasteiger partial charge is 0.341 e. The second kappa shape index (κ2) is 6.85. The molecule has 0 aliphatic carbocycles. The van der Waals surface area contributed by atoms with Crippen molar-refractivity contribution in [2.45, 2.75) is 18.7 Å². The summed E-state index contributed by atoms with van der Waals surface area (Å²) in [6.45, 7) is 3.68. The average molecular weight is 375 g/mol. The number of aryl methyl sites for hydroxylation is 1. The van der Waals surface area contributed by atoms with Crippen molar-refractivity contribution in [3.8, 4) is 0 Å². The van der Waals surface area contributed by atoms with Crippen molar-refractivity contribution >= 4 is 43.1 Å². The fourth-order valence-corrected chi connectivity index (χ4v) is 4.78. The van der Waals surface area contributed by atoms with E-state index in [0.29, 0.717) is 5.56 Å². The molecular formula is C18H17NO4S2. The summed E-state index contributed by atoms with van der Waals surface area (Å²) in [5.74, 6) is -0.530. The maximum Gasteiger partial charge on any atom is 0.341 e. The Hall–Kier alpha value is -2.38. The van der Waals surface area contributed by atoms with Crippen LogP contribution in [0.4, 0.5) is 5.00 Å². The van der Waals surface area contributed by atoms with Crippen LogP contribution in [-0.2, 0) is 14.8 Å². The van der Waals surface area contributed by atoms with Crippen LogP contribution in [-0.4, -0.2) is 21.0 Å². The van der Waals surface area contributed by atoms with Crippen LogP contribution in [0.5, 0.6) is 0 Å². The van der Waals surface area contributed by atoms with Gasteiger partial charge in [0.15, 0.2) is 0 Å². The Morgan fingerprint density at radius 3 is 2.60 bits per heavy atom. The molecule has 3 rings (SSSR count). The molecule has 2 aromatic carbocycles. The summed E-state index contributed by atoms with van der Waals surface area (Å²) in [6.07, 6.45) is 0. The molecule has 0 radical (unpaired) electrons. The molecule has 1 N–H and O–H groups in total. The number of sulfonamides is 1. The number of fused-ring (bicyclic) bond motifs is 1. The zero-order valence-corrected chi connectivity index (χ0v) is 15.4. The number of nitrogens with one attached hydrogen (secondary N) is 1. The molecule has 0 aliphatic heterocycles. The van der Waals surface area contributed by atoms with Crippen molar-refractivity contribution in [1.82, 2.24) is 0 Å². The molecule has 1 aromatic heterocycles. The lowest BCUT2D eigenvalue weighted by Crippen LogP contribution is -2.15. The Morgan fingerprint density at radius 1 is 1.16 bits per heavy atom. The first-order chi connectivity index (χ1) is 11.9. The third kappa shape index (κ3) is 3.52. The molecule has 5 nitrogen and oxygen atoms in total. The molecule has 25 heavy (non-hydrogen) atoms. The first kappa shape index (κ1) is 17.4. The summed E-state index contributed by atoms with van der Waals surface area (Å²) in [4.78, 5) is 12.2. The lowest BCUT2D eigenvalue weighted by atomic mass is 10.1. The molecule has 3 aromatic rings. The van der Waals surface area contributed by atoms with E-state index >= 15 is 0 Å². The van der Waals surface area contributed by atoms with Crippen molar-refractivity contribution in [2.24, 2.45) is 0 Å². The number of hydrogen-bond acceptors (Lipinski definition) is 5. The molecule has 0 aliphatic rings. The standard InChI is InChI=1S/C18H17NO4S2/c1-3-23-18(20)16-12(2)11-24-17(16)19-25(21,22)15-9-8-13-6-4-5-7-14(13)10-15/h4-11,19H,3H2,1-2H3. The van der Waals surface area contributed by atoms with Crippen molar-refractivity contribution in [3.05, 3.63) is 59.0 Å². The third-order valence-corrected chi connectivity index (χ3v) is 6.20. The molecule has 0 fully saturated rings. The predicted molar refractivity (Wildman–Crippen MR) is 99.8 cm³/mol. The van der Waals surface area contributed by atoms with Crippen molar-refractivity contribution in [1.29, 1.82) is 0 Å². The first-order valence-electron chi connectivity index (χ1n) is 7.69. The predicted octanol–water partition coefficient (Wildman–Crippen LogP) is 4.19. The molecule has 0 atom stereocenters. The fourth-order valence-electron chi connectivity index (χ4n) is 2.49. The van der Waals surface area contributed by atoms with Crippen LogP contribution in [0.3, 0.4) is 0 Å². The summed E-state index contributed by atoms with van der Waals surface area (Å²) in [7, 11) is -3.81. The van der Waals surface area contributed by atoms with Crippen LogP contribution in [0, 0.1) is 6.92 Å². The van der Waals surface area contributed by atoms with Gasteiger partial charge in [-0.3, -0.25) is 4.72 Å². The van der Waals surface area contributed by atoms with Crippen molar-refractivity contribution < 1.29 is 17.9 Å². The molecule has 0 amide bonds. The maximum absolute atomic E-state index is 12.7. The van der Waals surface area contributed by atoms with Gasteiger partial charge in [0.25, 0.3) is 10.0 Å². The van der Waals surface area contributed by atoms with Gasteiger partial charge in [-0.15, -0.1) is 11.3 Å². The Bertz CT molecular complexity index is 1040. The van der Waals surface area contributed by atoms with Gasteiger partial charge in [-0.05, 0) is 47.7 Å². The van der Waals surface area contributed by atoms with E-state index < -0.39 is 16.0 Å². The highest BCUT2D eigenvalue weighted by molar-refractivity contribution is 7.93. The van der Waals surface area contributed by atoms with Gasteiger partial charge in [0, 0.05) is 0 Å². The van der Waals surface area contributed by atoms with Crippen LogP contribution < -0.4 is 4.72 Å². The highest BCUT2D eigenvalue weighted by atomic mass is 32.2. The number of rotatable bonds is 5. The Balaban J connectivity index is 1.97. The number of hydrogen-bond donors (Lipinski definition) is 1. The van der Waals surface area contributed by atoms with Crippen LogP contribution in [0.1, 0.15) is 22.8 Å². The average Bonchev–Trinajstić information content (AvgIpc) is 2.94. The van der Waals surface area contributed by atoms with E-state index in [4.69, 9.17) is 4.74 Å². The van der Waals surface area contributed by atoms with E-state index in [-0.39, 0.29) is 22.1 Å². The largest absolute Gasteiger partial charge is 0.462 e. The summed E-state index contributed by atoms with van der Waals surface area (Å²) in [5, 5.41) is 3.79. The molecule has 0 spiro atoms. The fraction of sp³-hybridized carbons (Fsp3) is 0.167. The SMILES string of the molecule is CCOC(=O)c1c(C)csc1NS(=O)(=O)c1ccc2ccccc2c1.